The largest absolute Gasteiger partial charge is 0.694 e. The summed E-state index contributed by atoms with van der Waals surface area (Å²) in [5.41, 5.74) is 6.19. The van der Waals surface area contributed by atoms with E-state index in [1.165, 1.54) is 18.2 Å². The summed E-state index contributed by atoms with van der Waals surface area (Å²) in [6.07, 6.45) is -3.42. The third-order valence-electron chi connectivity index (χ3n) is 2.05. The molecule has 0 aliphatic heterocycles. The predicted octanol–water partition coefficient (Wildman–Crippen LogP) is 4.04. The minimum Gasteiger partial charge on any atom is -0.694 e. The van der Waals surface area contributed by atoms with Gasteiger partial charge in [-0.1, -0.05) is 29.0 Å². The number of benzene rings is 1. The molecule has 0 unspecified atom stereocenters. The Hall–Kier alpha value is -1.98. The van der Waals surface area contributed by atoms with Crippen molar-refractivity contribution in [2.24, 2.45) is 0 Å². The molecule has 3 nitrogen and oxygen atoms in total. The van der Waals surface area contributed by atoms with Gasteiger partial charge in [0, 0.05) is 5.56 Å². The number of hydrogen-bond acceptors (Lipinski definition) is 2. The van der Waals surface area contributed by atoms with Crippen LogP contribution in [0.4, 0.5) is 18.9 Å². The quantitative estimate of drug-likeness (QED) is 0.737. The van der Waals surface area contributed by atoms with Crippen molar-refractivity contribution in [1.29, 1.82) is 0 Å². The molecule has 1 heterocycles. The van der Waals surface area contributed by atoms with Crippen LogP contribution in [-0.4, -0.2) is 5.16 Å². The summed E-state index contributed by atoms with van der Waals surface area (Å²) in [4.78, 5) is 0. The molecule has 2 rings (SSSR count). The van der Waals surface area contributed by atoms with E-state index >= 15 is 0 Å². The molecule has 0 bridgehead atoms. The molecule has 0 saturated heterocycles. The summed E-state index contributed by atoms with van der Waals surface area (Å²) < 4.78 is 42.6. The second kappa shape index (κ2) is 3.55. The molecule has 0 aliphatic rings. The zero-order valence-corrected chi connectivity index (χ0v) is 7.88. The van der Waals surface area contributed by atoms with E-state index in [-0.39, 0.29) is 17.0 Å². The first-order valence-electron chi connectivity index (χ1n) is 4.33. The van der Waals surface area contributed by atoms with Gasteiger partial charge in [-0.05, 0) is 6.07 Å². The van der Waals surface area contributed by atoms with Crippen molar-refractivity contribution in [1.82, 2.24) is 5.16 Å². The monoisotopic (exact) mass is 227 g/mol. The average molecular weight is 227 g/mol. The third kappa shape index (κ3) is 1.73. The van der Waals surface area contributed by atoms with E-state index in [9.17, 15) is 13.2 Å². The van der Waals surface area contributed by atoms with Gasteiger partial charge in [-0.15, -0.1) is 0 Å². The van der Waals surface area contributed by atoms with Gasteiger partial charge in [-0.2, -0.15) is 13.2 Å². The van der Waals surface area contributed by atoms with Gasteiger partial charge in [0.2, 0.25) is 0 Å². The fourth-order valence-corrected chi connectivity index (χ4v) is 1.36. The van der Waals surface area contributed by atoms with E-state index < -0.39 is 11.7 Å². The number of nitrogens with one attached hydrogen (secondary N) is 1. The first kappa shape index (κ1) is 10.5. The van der Waals surface area contributed by atoms with Crippen LogP contribution in [0.15, 0.2) is 35.0 Å². The Kier molecular flexibility index (Phi) is 2.34. The standard InChI is InChI=1S/C10H6F3N2O/c11-10(12,13)7-4-2-1-3-6(7)9-8(14)5-15-16-9/h1-5,14H/q-1. The molecule has 0 radical (unpaired) electrons. The van der Waals surface area contributed by atoms with Gasteiger partial charge in [0.15, 0.2) is 5.76 Å². The number of hydrogen-bond donors (Lipinski definition) is 0. The molecule has 16 heavy (non-hydrogen) atoms. The Morgan fingerprint density at radius 2 is 1.88 bits per heavy atom. The highest BCUT2D eigenvalue weighted by atomic mass is 19.4. The van der Waals surface area contributed by atoms with Crippen LogP contribution < -0.4 is 0 Å². The molecule has 0 aliphatic carbocycles. The molecule has 84 valence electrons. The van der Waals surface area contributed by atoms with Gasteiger partial charge < -0.3 is 10.3 Å². The molecule has 1 N–H and O–H groups in total. The van der Waals surface area contributed by atoms with Crippen LogP contribution >= 0.6 is 0 Å². The van der Waals surface area contributed by atoms with Crippen LogP contribution in [0.25, 0.3) is 17.1 Å². The second-order valence-electron chi connectivity index (χ2n) is 3.11. The Balaban J connectivity index is 2.62. The van der Waals surface area contributed by atoms with Crippen molar-refractivity contribution < 1.29 is 17.7 Å². The smallest absolute Gasteiger partial charge is 0.417 e. The topological polar surface area (TPSA) is 49.8 Å². The minimum atomic E-state index is -4.48. The molecule has 0 saturated carbocycles. The highest BCUT2D eigenvalue weighted by Gasteiger charge is 2.34. The van der Waals surface area contributed by atoms with Crippen molar-refractivity contribution in [2.45, 2.75) is 6.18 Å². The number of nitrogens with zero attached hydrogens (tertiary/aromatic N) is 1. The molecule has 1 aromatic carbocycles. The SMILES string of the molecule is [NH-]c1cnoc1-c1ccccc1C(F)(F)F. The molecular formula is C10H6F3N2O-. The Bertz CT molecular complexity index is 505. The Labute approximate surface area is 88.7 Å². The molecule has 1 aromatic heterocycles. The lowest BCUT2D eigenvalue weighted by Gasteiger charge is -2.12. The number of aromatic nitrogens is 1. The van der Waals surface area contributed by atoms with E-state index in [4.69, 9.17) is 5.73 Å². The molecule has 0 atom stereocenters. The first-order valence-corrected chi connectivity index (χ1v) is 4.33. The molecule has 0 fully saturated rings. The van der Waals surface area contributed by atoms with Crippen LogP contribution in [0.5, 0.6) is 0 Å². The minimum absolute atomic E-state index is 0.169. The zero-order valence-electron chi connectivity index (χ0n) is 7.88. The zero-order chi connectivity index (χ0) is 11.8. The van der Waals surface area contributed by atoms with Gasteiger partial charge in [0.25, 0.3) is 0 Å². The van der Waals surface area contributed by atoms with E-state index in [0.29, 0.717) is 0 Å². The predicted molar refractivity (Wildman–Crippen MR) is 50.9 cm³/mol. The van der Waals surface area contributed by atoms with E-state index in [1.807, 2.05) is 0 Å². The maximum absolute atomic E-state index is 12.6. The average Bonchev–Trinajstić information content (AvgIpc) is 2.63. The number of alkyl halides is 3. The third-order valence-corrected chi connectivity index (χ3v) is 2.05. The molecule has 2 aromatic rings. The summed E-state index contributed by atoms with van der Waals surface area (Å²) in [7, 11) is 0. The van der Waals surface area contributed by atoms with Gasteiger partial charge >= 0.3 is 6.18 Å². The lowest BCUT2D eigenvalue weighted by Crippen LogP contribution is -2.06. The van der Waals surface area contributed by atoms with E-state index in [0.717, 1.165) is 12.3 Å². The first-order chi connectivity index (χ1) is 7.50. The fraction of sp³-hybridized carbons (Fsp3) is 0.100. The molecule has 0 spiro atoms. The molecule has 6 heteroatoms. The van der Waals surface area contributed by atoms with Crippen molar-refractivity contribution in [3.8, 4) is 11.3 Å². The lowest BCUT2D eigenvalue weighted by atomic mass is 10.0. The highest BCUT2D eigenvalue weighted by Crippen LogP contribution is 2.39. The van der Waals surface area contributed by atoms with Gasteiger partial charge in [-0.3, -0.25) is 0 Å². The molecular weight excluding hydrogens is 221 g/mol. The van der Waals surface area contributed by atoms with Crippen molar-refractivity contribution in [3.05, 3.63) is 41.8 Å². The van der Waals surface area contributed by atoms with Crippen molar-refractivity contribution in [2.75, 3.05) is 0 Å². The fourth-order valence-electron chi connectivity index (χ4n) is 1.36. The second-order valence-corrected chi connectivity index (χ2v) is 3.11. The summed E-state index contributed by atoms with van der Waals surface area (Å²) in [5, 5.41) is 3.29. The lowest BCUT2D eigenvalue weighted by molar-refractivity contribution is -0.137. The maximum atomic E-state index is 12.6. The van der Waals surface area contributed by atoms with Crippen LogP contribution in [-0.2, 0) is 6.18 Å². The van der Waals surface area contributed by atoms with Crippen LogP contribution in [0.3, 0.4) is 0 Å². The maximum Gasteiger partial charge on any atom is 0.417 e. The normalized spacial score (nSPS) is 11.7. The van der Waals surface area contributed by atoms with Gasteiger partial charge in [-0.25, -0.2) is 0 Å². The highest BCUT2D eigenvalue weighted by molar-refractivity contribution is 5.74. The van der Waals surface area contributed by atoms with Crippen LogP contribution in [0.2, 0.25) is 0 Å². The van der Waals surface area contributed by atoms with E-state index in [1.54, 1.807) is 0 Å². The van der Waals surface area contributed by atoms with Gasteiger partial charge in [0.1, 0.15) is 0 Å². The summed E-state index contributed by atoms with van der Waals surface area (Å²) in [6.45, 7) is 0. The Morgan fingerprint density at radius 3 is 2.44 bits per heavy atom. The van der Waals surface area contributed by atoms with E-state index in [2.05, 4.69) is 9.68 Å². The number of halogens is 3. The Morgan fingerprint density at radius 1 is 1.19 bits per heavy atom. The van der Waals surface area contributed by atoms with Crippen LogP contribution in [0, 0.1) is 0 Å². The van der Waals surface area contributed by atoms with Crippen LogP contribution in [0.1, 0.15) is 5.56 Å². The molecule has 0 amide bonds. The summed E-state index contributed by atoms with van der Waals surface area (Å²) in [5.74, 6) is -0.173. The van der Waals surface area contributed by atoms with Crippen molar-refractivity contribution >= 4 is 5.69 Å². The van der Waals surface area contributed by atoms with Crippen molar-refractivity contribution in [3.63, 3.8) is 0 Å². The number of rotatable bonds is 1. The summed E-state index contributed by atoms with van der Waals surface area (Å²) in [6, 6.07) is 4.93. The summed E-state index contributed by atoms with van der Waals surface area (Å²) >= 11 is 0. The van der Waals surface area contributed by atoms with Gasteiger partial charge in [0.05, 0.1) is 11.8 Å².